The van der Waals surface area contributed by atoms with Gasteiger partial charge >= 0.3 is 6.18 Å². The lowest BCUT2D eigenvalue weighted by molar-refractivity contribution is -0.138. The Hall–Kier alpha value is -4.82. The molecule has 2 N–H and O–H groups in total. The maximum absolute atomic E-state index is 15.8. The number of ether oxygens (including phenoxy) is 1. The molecule has 0 bridgehead atoms. The average Bonchev–Trinajstić information content (AvgIpc) is 3.15. The summed E-state index contributed by atoms with van der Waals surface area (Å²) < 4.78 is 65.8. The molecular formula is C39H42F4N6O4. The number of halogens is 4. The smallest absolute Gasteiger partial charge is 0.416 e. The number of hydrogen-bond acceptors (Lipinski definition) is 8. The molecule has 1 atom stereocenters. The number of anilines is 1. The van der Waals surface area contributed by atoms with Crippen LogP contribution in [0.5, 0.6) is 5.75 Å². The first-order valence-corrected chi connectivity index (χ1v) is 18.0. The monoisotopic (exact) mass is 734 g/mol. The highest BCUT2D eigenvalue weighted by molar-refractivity contribution is 6.01. The van der Waals surface area contributed by atoms with Crippen LogP contribution in [0.3, 0.4) is 0 Å². The number of alkyl halides is 3. The minimum absolute atomic E-state index is 0.128. The lowest BCUT2D eigenvalue weighted by atomic mass is 9.85. The van der Waals surface area contributed by atoms with Crippen molar-refractivity contribution in [3.8, 4) is 16.9 Å². The normalized spacial score (nSPS) is 19.8. The highest BCUT2D eigenvalue weighted by atomic mass is 19.4. The number of fused-ring (bicyclic) bond motifs is 1. The van der Waals surface area contributed by atoms with Crippen LogP contribution in [0.2, 0.25) is 0 Å². The minimum atomic E-state index is -4.56. The number of nitrogens with one attached hydrogen (secondary N) is 2. The summed E-state index contributed by atoms with van der Waals surface area (Å²) in [6, 6.07) is 8.76. The Bertz CT molecular complexity index is 2090. The van der Waals surface area contributed by atoms with Gasteiger partial charge in [-0.05, 0) is 111 Å². The lowest BCUT2D eigenvalue weighted by Gasteiger charge is -2.42. The fourth-order valence-corrected chi connectivity index (χ4v) is 8.17. The van der Waals surface area contributed by atoms with E-state index in [1.165, 1.54) is 30.0 Å². The zero-order chi connectivity index (χ0) is 37.4. The van der Waals surface area contributed by atoms with Crippen molar-refractivity contribution in [1.82, 2.24) is 24.7 Å². The number of carbonyl (C=O) groups excluding carboxylic acids is 2. The molecule has 4 aromatic rings. The standard InChI is InChI=1S/C39H42F4N6O4/c1-47-21-30(28-7-12-44-20-29(28)38(47)52)24-17-33(40)31(35(18-24)53-2)22-48-13-10-26(11-14-48)49-15-8-23(9-16-49)27-4-3-25(19-32(27)39(41,42)43)45-34-5-6-36(50)46-37(34)51/h3-4,7,12,17-21,23,26,34,45H,5-6,8-11,13-16,22H2,1-2H3,(H,46,50,51). The Labute approximate surface area is 304 Å². The average molecular weight is 735 g/mol. The zero-order valence-corrected chi connectivity index (χ0v) is 29.6. The molecule has 0 aliphatic carbocycles. The Kier molecular flexibility index (Phi) is 10.3. The number of benzene rings is 2. The summed E-state index contributed by atoms with van der Waals surface area (Å²) >= 11 is 0. The SMILES string of the molecule is COc1cc(-c2cn(C)c(=O)c3cnccc23)cc(F)c1CN1CCC(N2CCC(c3ccc(NC4CCC(=O)NC4=O)cc3C(F)(F)F)CC2)CC1. The van der Waals surface area contributed by atoms with Gasteiger partial charge in [0.25, 0.3) is 5.56 Å². The highest BCUT2D eigenvalue weighted by Crippen LogP contribution is 2.41. The second-order valence-electron chi connectivity index (χ2n) is 14.3. The molecule has 3 aliphatic heterocycles. The molecular weight excluding hydrogens is 692 g/mol. The van der Waals surface area contributed by atoms with Crippen molar-refractivity contribution in [3.05, 3.63) is 87.9 Å². The summed E-state index contributed by atoms with van der Waals surface area (Å²) in [7, 11) is 3.17. The van der Waals surface area contributed by atoms with Crippen molar-refractivity contribution in [3.63, 3.8) is 0 Å². The van der Waals surface area contributed by atoms with E-state index in [0.29, 0.717) is 65.7 Å². The summed E-state index contributed by atoms with van der Waals surface area (Å²) in [5.74, 6) is -1.14. The van der Waals surface area contributed by atoms with Crippen LogP contribution >= 0.6 is 0 Å². The van der Waals surface area contributed by atoms with E-state index in [-0.39, 0.29) is 47.5 Å². The summed E-state index contributed by atoms with van der Waals surface area (Å²) in [4.78, 5) is 45.0. The van der Waals surface area contributed by atoms with E-state index in [4.69, 9.17) is 4.74 Å². The molecule has 3 saturated heterocycles. The molecule has 2 aromatic carbocycles. The Balaban J connectivity index is 0.970. The summed E-state index contributed by atoms with van der Waals surface area (Å²) in [5.41, 5.74) is 1.35. The van der Waals surface area contributed by atoms with Crippen LogP contribution < -0.4 is 20.9 Å². The van der Waals surface area contributed by atoms with Gasteiger partial charge in [0.05, 0.1) is 18.1 Å². The van der Waals surface area contributed by atoms with Crippen molar-refractivity contribution in [1.29, 1.82) is 0 Å². The summed E-state index contributed by atoms with van der Waals surface area (Å²) in [6.45, 7) is 3.22. The van der Waals surface area contributed by atoms with Crippen LogP contribution in [0.25, 0.3) is 21.9 Å². The number of aryl methyl sites for hydroxylation is 1. The molecule has 3 aliphatic rings. The number of piperidine rings is 3. The van der Waals surface area contributed by atoms with Gasteiger partial charge in [-0.3, -0.25) is 29.6 Å². The van der Waals surface area contributed by atoms with Gasteiger partial charge in [0.2, 0.25) is 11.8 Å². The second-order valence-corrected chi connectivity index (χ2v) is 14.3. The van der Waals surface area contributed by atoms with E-state index in [2.05, 4.69) is 25.4 Å². The molecule has 2 aromatic heterocycles. The molecule has 7 rings (SSSR count). The number of nitrogens with zero attached hydrogens (tertiary/aromatic N) is 4. The van der Waals surface area contributed by atoms with Crippen molar-refractivity contribution in [2.24, 2.45) is 7.05 Å². The molecule has 2 amide bonds. The predicted molar refractivity (Wildman–Crippen MR) is 192 cm³/mol. The van der Waals surface area contributed by atoms with Gasteiger partial charge in [0.15, 0.2) is 0 Å². The quantitative estimate of drug-likeness (QED) is 0.172. The number of amides is 2. The van der Waals surface area contributed by atoms with Crippen LogP contribution in [0.15, 0.2) is 59.8 Å². The number of carbonyl (C=O) groups is 2. The van der Waals surface area contributed by atoms with E-state index in [1.807, 2.05) is 6.07 Å². The Morgan fingerprint density at radius 3 is 2.42 bits per heavy atom. The molecule has 0 spiro atoms. The number of pyridine rings is 2. The first-order chi connectivity index (χ1) is 25.4. The number of rotatable bonds is 8. The molecule has 0 saturated carbocycles. The Morgan fingerprint density at radius 2 is 1.72 bits per heavy atom. The fraction of sp³-hybridized carbons (Fsp3) is 0.436. The third-order valence-electron chi connectivity index (χ3n) is 11.0. The molecule has 3 fully saturated rings. The first-order valence-electron chi connectivity index (χ1n) is 18.0. The third kappa shape index (κ3) is 7.65. The molecule has 1 unspecified atom stereocenters. The molecule has 10 nitrogen and oxygen atoms in total. The largest absolute Gasteiger partial charge is 0.496 e. The maximum atomic E-state index is 15.8. The van der Waals surface area contributed by atoms with Crippen molar-refractivity contribution in [2.75, 3.05) is 38.6 Å². The van der Waals surface area contributed by atoms with Gasteiger partial charge in [0.1, 0.15) is 17.6 Å². The summed E-state index contributed by atoms with van der Waals surface area (Å²) in [6.07, 6.45) is 3.52. The van der Waals surface area contributed by atoms with Crippen LogP contribution in [0.1, 0.15) is 61.1 Å². The van der Waals surface area contributed by atoms with E-state index in [9.17, 15) is 27.6 Å². The van der Waals surface area contributed by atoms with Gasteiger partial charge in [-0.15, -0.1) is 0 Å². The van der Waals surface area contributed by atoms with E-state index < -0.39 is 29.5 Å². The van der Waals surface area contributed by atoms with Crippen LogP contribution in [0, 0.1) is 5.82 Å². The van der Waals surface area contributed by atoms with E-state index >= 15 is 4.39 Å². The molecule has 53 heavy (non-hydrogen) atoms. The molecule has 14 heteroatoms. The zero-order valence-electron chi connectivity index (χ0n) is 29.6. The van der Waals surface area contributed by atoms with Gasteiger partial charge in [-0.1, -0.05) is 6.07 Å². The van der Waals surface area contributed by atoms with Gasteiger partial charge in [-0.25, -0.2) is 4.39 Å². The number of aromatic nitrogens is 2. The molecule has 280 valence electrons. The third-order valence-corrected chi connectivity index (χ3v) is 11.0. The first kappa shape index (κ1) is 36.5. The highest BCUT2D eigenvalue weighted by Gasteiger charge is 2.38. The number of hydrogen-bond donors (Lipinski definition) is 2. The van der Waals surface area contributed by atoms with Gasteiger partial charge in [0, 0.05) is 61.5 Å². The molecule has 0 radical (unpaired) electrons. The topological polar surface area (TPSA) is 109 Å². The summed E-state index contributed by atoms with van der Waals surface area (Å²) in [5, 5.41) is 6.23. The van der Waals surface area contributed by atoms with Crippen molar-refractivity contribution in [2.45, 2.75) is 69.2 Å². The fourth-order valence-electron chi connectivity index (χ4n) is 8.17. The Morgan fingerprint density at radius 1 is 0.962 bits per heavy atom. The number of methoxy groups -OCH3 is 1. The lowest BCUT2D eigenvalue weighted by Crippen LogP contribution is -2.47. The van der Waals surface area contributed by atoms with E-state index in [0.717, 1.165) is 32.0 Å². The van der Waals surface area contributed by atoms with Crippen LogP contribution in [-0.4, -0.2) is 76.5 Å². The second kappa shape index (κ2) is 14.9. The minimum Gasteiger partial charge on any atom is -0.496 e. The van der Waals surface area contributed by atoms with Crippen LogP contribution in [-0.2, 0) is 29.4 Å². The predicted octanol–water partition coefficient (Wildman–Crippen LogP) is 5.83. The van der Waals surface area contributed by atoms with E-state index in [1.54, 1.807) is 31.6 Å². The van der Waals surface area contributed by atoms with Gasteiger partial charge < -0.3 is 19.5 Å². The van der Waals surface area contributed by atoms with Crippen molar-refractivity contribution >= 4 is 28.3 Å². The van der Waals surface area contributed by atoms with Crippen molar-refractivity contribution < 1.29 is 31.9 Å². The van der Waals surface area contributed by atoms with Crippen LogP contribution in [0.4, 0.5) is 23.2 Å². The van der Waals surface area contributed by atoms with Gasteiger partial charge in [-0.2, -0.15) is 13.2 Å². The number of imide groups is 1. The maximum Gasteiger partial charge on any atom is 0.416 e. The number of likely N-dealkylation sites (tertiary alicyclic amines) is 2. The molecule has 5 heterocycles.